The van der Waals surface area contributed by atoms with Gasteiger partial charge in [-0.2, -0.15) is 0 Å². The number of benzene rings is 1. The highest BCUT2D eigenvalue weighted by atomic mass is 19.1. The zero-order valence-electron chi connectivity index (χ0n) is 11.3. The van der Waals surface area contributed by atoms with E-state index in [1.54, 1.807) is 12.1 Å². The number of amides is 1. The van der Waals surface area contributed by atoms with Gasteiger partial charge in [0.2, 0.25) is 0 Å². The van der Waals surface area contributed by atoms with Gasteiger partial charge in [0, 0.05) is 12.1 Å². The van der Waals surface area contributed by atoms with Crippen LogP contribution in [0, 0.1) is 11.7 Å². The number of rotatable bonds is 3. The van der Waals surface area contributed by atoms with E-state index in [4.69, 9.17) is 5.73 Å². The predicted octanol–water partition coefficient (Wildman–Crippen LogP) is 2.46. The van der Waals surface area contributed by atoms with Gasteiger partial charge < -0.3 is 11.1 Å². The number of nitrogens with one attached hydrogen (secondary N) is 1. The van der Waals surface area contributed by atoms with Gasteiger partial charge in [-0.15, -0.1) is 0 Å². The maximum absolute atomic E-state index is 13.1. The average molecular weight is 264 g/mol. The van der Waals surface area contributed by atoms with Crippen LogP contribution >= 0.6 is 0 Å². The smallest absolute Gasteiger partial charge is 0.251 e. The summed E-state index contributed by atoms with van der Waals surface area (Å²) in [5.41, 5.74) is 5.88. The molecule has 0 aromatic heterocycles. The first kappa shape index (κ1) is 14.0. The van der Waals surface area contributed by atoms with Crippen molar-refractivity contribution in [1.82, 2.24) is 5.32 Å². The van der Waals surface area contributed by atoms with Gasteiger partial charge >= 0.3 is 0 Å². The summed E-state index contributed by atoms with van der Waals surface area (Å²) in [6.45, 7) is 2.65. The molecule has 1 aromatic carbocycles. The quantitative estimate of drug-likeness (QED) is 0.881. The summed E-state index contributed by atoms with van der Waals surface area (Å²) in [4.78, 5) is 12.2. The summed E-state index contributed by atoms with van der Waals surface area (Å²) in [7, 11) is 0. The van der Waals surface area contributed by atoms with Crippen LogP contribution in [0.5, 0.6) is 0 Å². The van der Waals surface area contributed by atoms with Gasteiger partial charge in [-0.3, -0.25) is 4.79 Å². The van der Waals surface area contributed by atoms with Crippen molar-refractivity contribution < 1.29 is 9.18 Å². The fourth-order valence-electron chi connectivity index (χ4n) is 2.64. The third kappa shape index (κ3) is 3.32. The lowest BCUT2D eigenvalue weighted by atomic mass is 9.77. The van der Waals surface area contributed by atoms with Crippen LogP contribution in [-0.2, 0) is 0 Å². The van der Waals surface area contributed by atoms with E-state index >= 15 is 0 Å². The molecule has 1 aliphatic rings. The van der Waals surface area contributed by atoms with Crippen LogP contribution in [0.15, 0.2) is 24.3 Å². The molecule has 0 bridgehead atoms. The average Bonchev–Trinajstić information content (AvgIpc) is 2.42. The molecule has 1 fully saturated rings. The van der Waals surface area contributed by atoms with Gasteiger partial charge in [0.25, 0.3) is 5.91 Å². The van der Waals surface area contributed by atoms with Crippen molar-refractivity contribution in [3.8, 4) is 0 Å². The molecule has 0 heterocycles. The molecule has 2 rings (SSSR count). The van der Waals surface area contributed by atoms with Gasteiger partial charge in [-0.25, -0.2) is 4.39 Å². The van der Waals surface area contributed by atoms with Crippen molar-refractivity contribution in [3.63, 3.8) is 0 Å². The minimum Gasteiger partial charge on any atom is -0.345 e. The molecule has 0 spiro atoms. The molecule has 4 heteroatoms. The third-order valence-electron chi connectivity index (χ3n) is 4.09. The normalized spacial score (nSPS) is 27.0. The highest BCUT2D eigenvalue weighted by Crippen LogP contribution is 2.31. The van der Waals surface area contributed by atoms with Gasteiger partial charge in [0.1, 0.15) is 5.82 Å². The second kappa shape index (κ2) is 5.70. The fourth-order valence-corrected chi connectivity index (χ4v) is 2.64. The molecule has 104 valence electrons. The molecular formula is C15H21FN2O. The van der Waals surface area contributed by atoms with Crippen LogP contribution < -0.4 is 11.1 Å². The molecule has 0 aliphatic heterocycles. The summed E-state index contributed by atoms with van der Waals surface area (Å²) in [5.74, 6) is 0.0527. The molecule has 19 heavy (non-hydrogen) atoms. The summed E-state index contributed by atoms with van der Waals surface area (Å²) in [5, 5.41) is 3.02. The monoisotopic (exact) mass is 264 g/mol. The SMILES string of the molecule is CC1CCC(CN)(NC(=O)c2cccc(F)c2)CC1. The third-order valence-corrected chi connectivity index (χ3v) is 4.09. The van der Waals surface area contributed by atoms with Crippen LogP contribution in [0.25, 0.3) is 0 Å². The van der Waals surface area contributed by atoms with E-state index in [1.165, 1.54) is 12.1 Å². The van der Waals surface area contributed by atoms with Crippen LogP contribution in [0.2, 0.25) is 0 Å². The molecular weight excluding hydrogens is 243 g/mol. The van der Waals surface area contributed by atoms with E-state index < -0.39 is 5.82 Å². The Hall–Kier alpha value is -1.42. The Bertz CT molecular complexity index is 453. The lowest BCUT2D eigenvalue weighted by Crippen LogP contribution is -2.55. The summed E-state index contributed by atoms with van der Waals surface area (Å²) < 4.78 is 13.1. The molecule has 1 saturated carbocycles. The van der Waals surface area contributed by atoms with Gasteiger partial charge in [0.05, 0.1) is 5.54 Å². The number of hydrogen-bond acceptors (Lipinski definition) is 2. The zero-order chi connectivity index (χ0) is 13.9. The first-order chi connectivity index (χ1) is 9.04. The minimum absolute atomic E-state index is 0.237. The van der Waals surface area contributed by atoms with Crippen molar-refractivity contribution in [2.45, 2.75) is 38.1 Å². The first-order valence-corrected chi connectivity index (χ1v) is 6.83. The number of halogens is 1. The molecule has 1 aliphatic carbocycles. The molecule has 0 atom stereocenters. The topological polar surface area (TPSA) is 55.1 Å². The van der Waals surface area contributed by atoms with Gasteiger partial charge in [-0.05, 0) is 49.8 Å². The van der Waals surface area contributed by atoms with Crippen molar-refractivity contribution in [1.29, 1.82) is 0 Å². The van der Waals surface area contributed by atoms with E-state index in [0.717, 1.165) is 25.7 Å². The fraction of sp³-hybridized carbons (Fsp3) is 0.533. The summed E-state index contributed by atoms with van der Waals surface area (Å²) in [6, 6.07) is 5.75. The van der Waals surface area contributed by atoms with Crippen LogP contribution in [-0.4, -0.2) is 18.0 Å². The van der Waals surface area contributed by atoms with E-state index in [0.29, 0.717) is 18.0 Å². The second-order valence-corrected chi connectivity index (χ2v) is 5.63. The van der Waals surface area contributed by atoms with Gasteiger partial charge in [0.15, 0.2) is 0 Å². The highest BCUT2D eigenvalue weighted by molar-refractivity contribution is 5.94. The number of hydrogen-bond donors (Lipinski definition) is 2. The predicted molar refractivity (Wildman–Crippen MR) is 73.3 cm³/mol. The Morgan fingerprint density at radius 1 is 1.47 bits per heavy atom. The summed E-state index contributed by atoms with van der Waals surface area (Å²) in [6.07, 6.45) is 3.93. The van der Waals surface area contributed by atoms with Crippen LogP contribution in [0.4, 0.5) is 4.39 Å². The summed E-state index contributed by atoms with van der Waals surface area (Å²) >= 11 is 0. The van der Waals surface area contributed by atoms with E-state index in [1.807, 2.05) is 0 Å². The largest absolute Gasteiger partial charge is 0.345 e. The Morgan fingerprint density at radius 3 is 2.74 bits per heavy atom. The minimum atomic E-state index is -0.397. The highest BCUT2D eigenvalue weighted by Gasteiger charge is 2.34. The zero-order valence-corrected chi connectivity index (χ0v) is 11.3. The van der Waals surface area contributed by atoms with Crippen LogP contribution in [0.3, 0.4) is 0 Å². The standard InChI is InChI=1S/C15H21FN2O/c1-11-5-7-15(10-17,8-6-11)18-14(19)12-3-2-4-13(16)9-12/h2-4,9,11H,5-8,10,17H2,1H3,(H,18,19). The maximum Gasteiger partial charge on any atom is 0.251 e. The molecule has 3 nitrogen and oxygen atoms in total. The lowest BCUT2D eigenvalue weighted by Gasteiger charge is -2.39. The van der Waals surface area contributed by atoms with Crippen LogP contribution in [0.1, 0.15) is 43.0 Å². The number of carbonyl (C=O) groups excluding carboxylic acids is 1. The maximum atomic E-state index is 13.1. The van der Waals surface area contributed by atoms with Crippen molar-refractivity contribution in [2.75, 3.05) is 6.54 Å². The molecule has 0 saturated heterocycles. The Labute approximate surface area is 113 Å². The number of nitrogens with two attached hydrogens (primary N) is 1. The van der Waals surface area contributed by atoms with E-state index in [-0.39, 0.29) is 11.4 Å². The first-order valence-electron chi connectivity index (χ1n) is 6.83. The van der Waals surface area contributed by atoms with Crippen molar-refractivity contribution >= 4 is 5.91 Å². The van der Waals surface area contributed by atoms with Crippen molar-refractivity contribution in [2.24, 2.45) is 11.7 Å². The second-order valence-electron chi connectivity index (χ2n) is 5.63. The van der Waals surface area contributed by atoms with Gasteiger partial charge in [-0.1, -0.05) is 13.0 Å². The Kier molecular flexibility index (Phi) is 4.20. The number of carbonyl (C=O) groups is 1. The molecule has 0 unspecified atom stereocenters. The van der Waals surface area contributed by atoms with E-state index in [9.17, 15) is 9.18 Å². The van der Waals surface area contributed by atoms with E-state index in [2.05, 4.69) is 12.2 Å². The Balaban J connectivity index is 2.08. The molecule has 1 amide bonds. The molecule has 3 N–H and O–H groups in total. The Morgan fingerprint density at radius 2 is 2.16 bits per heavy atom. The van der Waals surface area contributed by atoms with Crippen molar-refractivity contribution in [3.05, 3.63) is 35.6 Å². The molecule has 1 aromatic rings. The molecule has 0 radical (unpaired) electrons. The lowest BCUT2D eigenvalue weighted by molar-refractivity contribution is 0.0859.